The van der Waals surface area contributed by atoms with Crippen LogP contribution < -0.4 is 4.72 Å². The monoisotopic (exact) mass is 301 g/mol. The van der Waals surface area contributed by atoms with Gasteiger partial charge in [-0.2, -0.15) is 5.10 Å². The molecule has 0 atom stereocenters. The molecule has 1 heterocycles. The summed E-state index contributed by atoms with van der Waals surface area (Å²) < 4.78 is 26.0. The largest absolute Gasteiger partial charge is 0.478 e. The fourth-order valence-electron chi connectivity index (χ4n) is 1.35. The molecule has 2 rings (SSSR count). The summed E-state index contributed by atoms with van der Waals surface area (Å²) in [5.41, 5.74) is 0.0594. The van der Waals surface area contributed by atoms with Gasteiger partial charge in [0, 0.05) is 6.20 Å². The maximum absolute atomic E-state index is 11.9. The highest BCUT2D eigenvalue weighted by molar-refractivity contribution is 7.92. The minimum Gasteiger partial charge on any atom is -0.478 e. The minimum absolute atomic E-state index is 0.0362. The molecule has 0 aliphatic rings. The first-order chi connectivity index (χ1) is 8.90. The maximum Gasteiger partial charge on any atom is 0.337 e. The number of hydrogen-bond donors (Lipinski definition) is 3. The molecule has 0 radical (unpaired) electrons. The van der Waals surface area contributed by atoms with Crippen LogP contribution in [0.3, 0.4) is 0 Å². The number of aromatic nitrogens is 2. The summed E-state index contributed by atoms with van der Waals surface area (Å²) in [6.45, 7) is 0. The number of halogens is 1. The Morgan fingerprint density at radius 2 is 2.16 bits per heavy atom. The van der Waals surface area contributed by atoms with Gasteiger partial charge in [0.2, 0.25) is 0 Å². The van der Waals surface area contributed by atoms with Crippen LogP contribution in [0.1, 0.15) is 10.4 Å². The minimum atomic E-state index is -3.77. The summed E-state index contributed by atoms with van der Waals surface area (Å²) in [6, 6.07) is 3.76. The highest BCUT2D eigenvalue weighted by Gasteiger charge is 2.16. The predicted octanol–water partition coefficient (Wildman–Crippen LogP) is 1.56. The van der Waals surface area contributed by atoms with Gasteiger partial charge in [-0.3, -0.25) is 9.82 Å². The molecule has 3 N–H and O–H groups in total. The molecule has 19 heavy (non-hydrogen) atoms. The lowest BCUT2D eigenvalue weighted by Crippen LogP contribution is -2.12. The number of aromatic amines is 1. The first-order valence-corrected chi connectivity index (χ1v) is 6.81. The number of nitrogens with one attached hydrogen (secondary N) is 2. The van der Waals surface area contributed by atoms with Crippen LogP contribution in [0.4, 0.5) is 5.69 Å². The zero-order chi connectivity index (χ0) is 14.0. The molecule has 0 aliphatic carbocycles. The van der Waals surface area contributed by atoms with E-state index in [0.717, 1.165) is 6.20 Å². The van der Waals surface area contributed by atoms with E-state index in [1.807, 2.05) is 0 Å². The fourth-order valence-corrected chi connectivity index (χ4v) is 2.57. The number of carboxylic acids is 1. The Morgan fingerprint density at radius 3 is 2.68 bits per heavy atom. The highest BCUT2D eigenvalue weighted by Crippen LogP contribution is 2.23. The van der Waals surface area contributed by atoms with Crippen molar-refractivity contribution < 1.29 is 18.3 Å². The Balaban J connectivity index is 2.30. The van der Waals surface area contributed by atoms with E-state index in [2.05, 4.69) is 14.9 Å². The average molecular weight is 302 g/mol. The summed E-state index contributed by atoms with van der Waals surface area (Å²) in [5.74, 6) is -1.19. The van der Waals surface area contributed by atoms with Crippen LogP contribution in [-0.2, 0) is 10.0 Å². The van der Waals surface area contributed by atoms with Gasteiger partial charge in [-0.15, -0.1) is 0 Å². The molecule has 0 bridgehead atoms. The summed E-state index contributed by atoms with van der Waals surface area (Å²) in [4.78, 5) is 10.7. The van der Waals surface area contributed by atoms with Gasteiger partial charge in [0.05, 0.1) is 22.5 Å². The number of carbonyl (C=O) groups is 1. The third-order valence-corrected chi connectivity index (χ3v) is 3.90. The van der Waals surface area contributed by atoms with E-state index in [1.54, 1.807) is 0 Å². The first kappa shape index (κ1) is 13.4. The Bertz CT molecular complexity index is 712. The van der Waals surface area contributed by atoms with Crippen LogP contribution in [-0.4, -0.2) is 29.7 Å². The van der Waals surface area contributed by atoms with E-state index in [9.17, 15) is 13.2 Å². The van der Waals surface area contributed by atoms with E-state index in [1.165, 1.54) is 24.4 Å². The second-order valence-corrected chi connectivity index (χ2v) is 5.63. The van der Waals surface area contributed by atoms with Crippen molar-refractivity contribution in [3.63, 3.8) is 0 Å². The van der Waals surface area contributed by atoms with Crippen molar-refractivity contribution in [1.29, 1.82) is 0 Å². The molecule has 2 aromatic rings. The van der Waals surface area contributed by atoms with Crippen LogP contribution in [0.2, 0.25) is 5.02 Å². The lowest BCUT2D eigenvalue weighted by Gasteiger charge is -2.07. The van der Waals surface area contributed by atoms with Gasteiger partial charge < -0.3 is 5.11 Å². The van der Waals surface area contributed by atoms with Crippen LogP contribution in [0.5, 0.6) is 0 Å². The Labute approximate surface area is 113 Å². The fraction of sp³-hybridized carbons (Fsp3) is 0. The number of H-pyrrole nitrogens is 1. The third-order valence-electron chi connectivity index (χ3n) is 2.24. The number of benzene rings is 1. The molecule has 0 aliphatic heterocycles. The van der Waals surface area contributed by atoms with Crippen molar-refractivity contribution in [2.45, 2.75) is 4.90 Å². The van der Waals surface area contributed by atoms with Gasteiger partial charge in [-0.25, -0.2) is 13.2 Å². The summed E-state index contributed by atoms with van der Waals surface area (Å²) in [6.07, 6.45) is 2.37. The van der Waals surface area contributed by atoms with E-state index >= 15 is 0 Å². The third kappa shape index (κ3) is 2.85. The normalized spacial score (nSPS) is 11.2. The smallest absolute Gasteiger partial charge is 0.337 e. The average Bonchev–Trinajstić information content (AvgIpc) is 2.81. The number of aromatic carboxylic acids is 1. The number of nitrogens with zero attached hydrogens (tertiary/aromatic N) is 1. The van der Waals surface area contributed by atoms with Gasteiger partial charge in [0.1, 0.15) is 4.90 Å². The molecule has 1 aromatic heterocycles. The zero-order valence-electron chi connectivity index (χ0n) is 9.29. The number of carboxylic acid groups (broad SMARTS) is 1. The first-order valence-electron chi connectivity index (χ1n) is 4.94. The second-order valence-electron chi connectivity index (χ2n) is 3.54. The Kier molecular flexibility index (Phi) is 3.45. The number of hydrogen-bond acceptors (Lipinski definition) is 4. The molecule has 7 nitrogen and oxygen atoms in total. The van der Waals surface area contributed by atoms with Crippen molar-refractivity contribution in [1.82, 2.24) is 10.2 Å². The molecular weight excluding hydrogens is 294 g/mol. The van der Waals surface area contributed by atoms with Crippen molar-refractivity contribution in [2.24, 2.45) is 0 Å². The number of sulfonamides is 1. The quantitative estimate of drug-likeness (QED) is 0.793. The van der Waals surface area contributed by atoms with Gasteiger partial charge in [-0.1, -0.05) is 11.6 Å². The molecular formula is C10H8ClN3O4S. The van der Waals surface area contributed by atoms with Crippen LogP contribution in [0, 0.1) is 0 Å². The molecule has 9 heteroatoms. The van der Waals surface area contributed by atoms with Crippen LogP contribution >= 0.6 is 11.6 Å². The molecule has 0 fully saturated rings. The summed E-state index contributed by atoms with van der Waals surface area (Å²) >= 11 is 5.74. The Hall–Kier alpha value is -2.06. The van der Waals surface area contributed by atoms with Gasteiger partial charge in [0.15, 0.2) is 0 Å². The zero-order valence-corrected chi connectivity index (χ0v) is 10.9. The Morgan fingerprint density at radius 1 is 1.42 bits per heavy atom. The molecule has 1 aromatic carbocycles. The molecule has 0 saturated heterocycles. The van der Waals surface area contributed by atoms with Crippen molar-refractivity contribution in [2.75, 3.05) is 4.72 Å². The standard InChI is InChI=1S/C10H8ClN3O4S/c11-9-3-6(1-2-8(9)10(15)16)14-19(17,18)7-4-12-13-5-7/h1-5,14H,(H,12,13)(H,15,16). The lowest BCUT2D eigenvalue weighted by molar-refractivity contribution is 0.0697. The maximum atomic E-state index is 11.9. The second kappa shape index (κ2) is 4.90. The topological polar surface area (TPSA) is 112 Å². The van der Waals surface area contributed by atoms with E-state index < -0.39 is 16.0 Å². The van der Waals surface area contributed by atoms with E-state index in [0.29, 0.717) is 0 Å². The molecule has 0 saturated carbocycles. The number of anilines is 1. The van der Waals surface area contributed by atoms with Crippen LogP contribution in [0.25, 0.3) is 0 Å². The molecule has 0 amide bonds. The van der Waals surface area contributed by atoms with E-state index in [-0.39, 0.29) is 21.2 Å². The van der Waals surface area contributed by atoms with Gasteiger partial charge >= 0.3 is 5.97 Å². The van der Waals surface area contributed by atoms with Crippen molar-refractivity contribution >= 4 is 33.3 Å². The predicted molar refractivity (Wildman–Crippen MR) is 67.8 cm³/mol. The van der Waals surface area contributed by atoms with Crippen molar-refractivity contribution in [3.8, 4) is 0 Å². The summed E-state index contributed by atoms with van der Waals surface area (Å²) in [7, 11) is -3.77. The molecule has 0 unspecified atom stereocenters. The SMILES string of the molecule is O=C(O)c1ccc(NS(=O)(=O)c2cn[nH]c2)cc1Cl. The van der Waals surface area contributed by atoms with Gasteiger partial charge in [0.25, 0.3) is 10.0 Å². The van der Waals surface area contributed by atoms with Crippen molar-refractivity contribution in [3.05, 3.63) is 41.2 Å². The summed E-state index contributed by atoms with van der Waals surface area (Å²) in [5, 5.41) is 14.7. The highest BCUT2D eigenvalue weighted by atomic mass is 35.5. The van der Waals surface area contributed by atoms with E-state index in [4.69, 9.17) is 16.7 Å². The number of rotatable bonds is 4. The van der Waals surface area contributed by atoms with Gasteiger partial charge in [-0.05, 0) is 18.2 Å². The van der Waals surface area contributed by atoms with Crippen LogP contribution in [0.15, 0.2) is 35.5 Å². The molecule has 100 valence electrons. The molecule has 0 spiro atoms. The lowest BCUT2D eigenvalue weighted by atomic mass is 10.2.